The van der Waals surface area contributed by atoms with Crippen LogP contribution in [0.3, 0.4) is 0 Å². The minimum absolute atomic E-state index is 0.0728. The summed E-state index contributed by atoms with van der Waals surface area (Å²) >= 11 is 6.05. The number of rotatable bonds is 4. The maximum atomic E-state index is 12.3. The van der Waals surface area contributed by atoms with Crippen molar-refractivity contribution in [3.8, 4) is 5.75 Å². The van der Waals surface area contributed by atoms with Gasteiger partial charge >= 0.3 is 0 Å². The van der Waals surface area contributed by atoms with E-state index in [1.165, 1.54) is 0 Å². The second-order valence-corrected chi connectivity index (χ2v) is 5.45. The molecule has 0 amide bonds. The quantitative estimate of drug-likeness (QED) is 0.801. The molecule has 1 saturated heterocycles. The SMILES string of the molecule is COc1ccc(C(=O)CN2CCCOC(C)C2)cc1Cl. The molecule has 4 nitrogen and oxygen atoms in total. The molecule has 1 aromatic carbocycles. The van der Waals surface area contributed by atoms with Gasteiger partial charge in [-0.2, -0.15) is 0 Å². The Morgan fingerprint density at radius 3 is 3.05 bits per heavy atom. The Balaban J connectivity index is 2.02. The van der Waals surface area contributed by atoms with Gasteiger partial charge in [0, 0.05) is 25.3 Å². The van der Waals surface area contributed by atoms with E-state index in [1.54, 1.807) is 25.3 Å². The third kappa shape index (κ3) is 3.95. The lowest BCUT2D eigenvalue weighted by Crippen LogP contribution is -2.34. The lowest BCUT2D eigenvalue weighted by Gasteiger charge is -2.20. The van der Waals surface area contributed by atoms with Gasteiger partial charge in [0.2, 0.25) is 0 Å². The maximum Gasteiger partial charge on any atom is 0.176 e. The predicted octanol–water partition coefficient (Wildman–Crippen LogP) is 2.64. The summed E-state index contributed by atoms with van der Waals surface area (Å²) in [5.41, 5.74) is 0.619. The molecule has 0 spiro atoms. The summed E-state index contributed by atoms with van der Waals surface area (Å²) in [6, 6.07) is 5.15. The van der Waals surface area contributed by atoms with Crippen LogP contribution in [0, 0.1) is 0 Å². The van der Waals surface area contributed by atoms with Gasteiger partial charge in [-0.25, -0.2) is 0 Å². The Kier molecular flexibility index (Phi) is 5.40. The van der Waals surface area contributed by atoms with Crippen LogP contribution in [0.25, 0.3) is 0 Å². The fraction of sp³-hybridized carbons (Fsp3) is 0.533. The molecule has 1 aliphatic rings. The lowest BCUT2D eigenvalue weighted by molar-refractivity contribution is 0.0657. The number of ether oxygens (including phenoxy) is 2. The smallest absolute Gasteiger partial charge is 0.176 e. The fourth-order valence-electron chi connectivity index (χ4n) is 2.36. The van der Waals surface area contributed by atoms with E-state index in [-0.39, 0.29) is 11.9 Å². The van der Waals surface area contributed by atoms with E-state index in [9.17, 15) is 4.79 Å². The van der Waals surface area contributed by atoms with Crippen LogP contribution >= 0.6 is 11.6 Å². The molecule has 5 heteroatoms. The van der Waals surface area contributed by atoms with E-state index in [0.29, 0.717) is 22.9 Å². The first-order chi connectivity index (χ1) is 9.60. The van der Waals surface area contributed by atoms with Gasteiger partial charge in [0.05, 0.1) is 24.8 Å². The van der Waals surface area contributed by atoms with Gasteiger partial charge in [0.25, 0.3) is 0 Å². The normalized spacial score (nSPS) is 20.4. The highest BCUT2D eigenvalue weighted by atomic mass is 35.5. The Hall–Kier alpha value is -1.10. The van der Waals surface area contributed by atoms with Crippen LogP contribution in [-0.2, 0) is 4.74 Å². The first-order valence-electron chi connectivity index (χ1n) is 6.81. The average molecular weight is 298 g/mol. The number of carbonyl (C=O) groups excluding carboxylic acids is 1. The minimum Gasteiger partial charge on any atom is -0.495 e. The van der Waals surface area contributed by atoms with E-state index in [1.807, 2.05) is 6.92 Å². The molecule has 1 unspecified atom stereocenters. The first-order valence-corrected chi connectivity index (χ1v) is 7.18. The highest BCUT2D eigenvalue weighted by Gasteiger charge is 2.18. The topological polar surface area (TPSA) is 38.8 Å². The van der Waals surface area contributed by atoms with Crippen molar-refractivity contribution in [3.63, 3.8) is 0 Å². The minimum atomic E-state index is 0.0728. The Bertz CT molecular complexity index is 478. The monoisotopic (exact) mass is 297 g/mol. The zero-order chi connectivity index (χ0) is 14.5. The summed E-state index contributed by atoms with van der Waals surface area (Å²) < 4.78 is 10.7. The molecule has 110 valence electrons. The second kappa shape index (κ2) is 7.07. The van der Waals surface area contributed by atoms with Crippen molar-refractivity contribution in [2.24, 2.45) is 0 Å². The summed E-state index contributed by atoms with van der Waals surface area (Å²) in [6.45, 7) is 4.87. The van der Waals surface area contributed by atoms with Gasteiger partial charge < -0.3 is 9.47 Å². The average Bonchev–Trinajstić information content (AvgIpc) is 2.62. The third-order valence-electron chi connectivity index (χ3n) is 3.38. The van der Waals surface area contributed by atoms with Crippen molar-refractivity contribution in [2.75, 3.05) is 33.4 Å². The Morgan fingerprint density at radius 1 is 1.55 bits per heavy atom. The molecule has 0 bridgehead atoms. The van der Waals surface area contributed by atoms with Crippen LogP contribution in [0.1, 0.15) is 23.7 Å². The zero-order valence-corrected chi connectivity index (χ0v) is 12.7. The largest absolute Gasteiger partial charge is 0.495 e. The molecule has 1 aliphatic heterocycles. The van der Waals surface area contributed by atoms with Gasteiger partial charge in [0.15, 0.2) is 5.78 Å². The molecule has 0 N–H and O–H groups in total. The summed E-state index contributed by atoms with van der Waals surface area (Å²) in [5.74, 6) is 0.656. The molecular weight excluding hydrogens is 278 g/mol. The van der Waals surface area contributed by atoms with Gasteiger partial charge in [-0.3, -0.25) is 9.69 Å². The molecule has 1 aromatic rings. The predicted molar refractivity (Wildman–Crippen MR) is 78.8 cm³/mol. The van der Waals surface area contributed by atoms with Gasteiger partial charge in [-0.05, 0) is 31.5 Å². The van der Waals surface area contributed by atoms with E-state index < -0.39 is 0 Å². The van der Waals surface area contributed by atoms with Crippen molar-refractivity contribution in [1.82, 2.24) is 4.90 Å². The molecule has 1 atom stereocenters. The third-order valence-corrected chi connectivity index (χ3v) is 3.67. The number of carbonyl (C=O) groups is 1. The number of Topliss-reactive ketones (excluding diaryl/α,β-unsaturated/α-hetero) is 1. The van der Waals surface area contributed by atoms with Crippen LogP contribution in [-0.4, -0.2) is 50.1 Å². The maximum absolute atomic E-state index is 12.3. The molecular formula is C15H20ClNO3. The van der Waals surface area contributed by atoms with Gasteiger partial charge in [0.1, 0.15) is 5.75 Å². The number of halogens is 1. The molecule has 1 fully saturated rings. The number of ketones is 1. The van der Waals surface area contributed by atoms with Crippen LogP contribution in [0.5, 0.6) is 5.75 Å². The van der Waals surface area contributed by atoms with Crippen molar-refractivity contribution in [2.45, 2.75) is 19.4 Å². The van der Waals surface area contributed by atoms with E-state index in [0.717, 1.165) is 26.1 Å². The zero-order valence-electron chi connectivity index (χ0n) is 11.9. The molecule has 0 aliphatic carbocycles. The van der Waals surface area contributed by atoms with Crippen molar-refractivity contribution in [3.05, 3.63) is 28.8 Å². The standard InChI is InChI=1S/C15H20ClNO3/c1-11-9-17(6-3-7-20-11)10-14(18)12-4-5-15(19-2)13(16)8-12/h4-5,8,11H,3,6-7,9-10H2,1-2H3. The summed E-state index contributed by atoms with van der Waals surface area (Å²) in [5, 5.41) is 0.464. The highest BCUT2D eigenvalue weighted by molar-refractivity contribution is 6.32. The molecule has 0 saturated carbocycles. The number of hydrogen-bond donors (Lipinski definition) is 0. The van der Waals surface area contributed by atoms with Crippen LogP contribution in [0.4, 0.5) is 0 Å². The van der Waals surface area contributed by atoms with Crippen molar-refractivity contribution >= 4 is 17.4 Å². The van der Waals surface area contributed by atoms with Gasteiger partial charge in [-0.15, -0.1) is 0 Å². The number of hydrogen-bond acceptors (Lipinski definition) is 4. The summed E-state index contributed by atoms with van der Waals surface area (Å²) in [4.78, 5) is 14.4. The van der Waals surface area contributed by atoms with Crippen molar-refractivity contribution < 1.29 is 14.3 Å². The molecule has 0 radical (unpaired) electrons. The Labute approximate surface area is 124 Å². The van der Waals surface area contributed by atoms with Crippen molar-refractivity contribution in [1.29, 1.82) is 0 Å². The fourth-order valence-corrected chi connectivity index (χ4v) is 2.62. The second-order valence-electron chi connectivity index (χ2n) is 5.04. The number of methoxy groups -OCH3 is 1. The Morgan fingerprint density at radius 2 is 2.35 bits per heavy atom. The van der Waals surface area contributed by atoms with Gasteiger partial charge in [-0.1, -0.05) is 11.6 Å². The van der Waals surface area contributed by atoms with Crippen LogP contribution in [0.2, 0.25) is 5.02 Å². The van der Waals surface area contributed by atoms with Crippen LogP contribution < -0.4 is 4.74 Å². The van der Waals surface area contributed by atoms with Crippen LogP contribution in [0.15, 0.2) is 18.2 Å². The summed E-state index contributed by atoms with van der Waals surface area (Å²) in [6.07, 6.45) is 1.13. The highest BCUT2D eigenvalue weighted by Crippen LogP contribution is 2.25. The van der Waals surface area contributed by atoms with E-state index in [4.69, 9.17) is 21.1 Å². The number of benzene rings is 1. The number of nitrogens with zero attached hydrogens (tertiary/aromatic N) is 1. The molecule has 0 aromatic heterocycles. The molecule has 2 rings (SSSR count). The van der Waals surface area contributed by atoms with E-state index in [2.05, 4.69) is 4.90 Å². The molecule has 20 heavy (non-hydrogen) atoms. The molecule has 1 heterocycles. The van der Waals surface area contributed by atoms with E-state index >= 15 is 0 Å². The first kappa shape index (κ1) is 15.3. The summed E-state index contributed by atoms with van der Waals surface area (Å²) in [7, 11) is 1.56. The lowest BCUT2D eigenvalue weighted by atomic mass is 10.1.